The van der Waals surface area contributed by atoms with Crippen molar-refractivity contribution in [2.24, 2.45) is 0 Å². The van der Waals surface area contributed by atoms with Gasteiger partial charge in [-0.2, -0.15) is 5.06 Å². The van der Waals surface area contributed by atoms with Crippen molar-refractivity contribution >= 4 is 11.7 Å². The fraction of sp³-hybridized carbons (Fsp3) is 0.500. The molecule has 1 amide bonds. The topological polar surface area (TPSA) is 46.6 Å². The van der Waals surface area contributed by atoms with Crippen LogP contribution in [0, 0.1) is 0 Å². The number of hydroxylamine groups is 2. The van der Waals surface area contributed by atoms with Crippen molar-refractivity contribution in [1.82, 2.24) is 5.06 Å². The van der Waals surface area contributed by atoms with Crippen molar-refractivity contribution in [2.45, 2.75) is 20.3 Å². The predicted molar refractivity (Wildman–Crippen MR) is 41.9 cm³/mol. The summed E-state index contributed by atoms with van der Waals surface area (Å²) in [6.07, 6.45) is 1.33. The normalized spacial score (nSPS) is 18.2. The van der Waals surface area contributed by atoms with Gasteiger partial charge in [-0.05, 0) is 13.8 Å². The number of hydrogen-bond acceptors (Lipinski definition) is 3. The van der Waals surface area contributed by atoms with E-state index < -0.39 is 0 Å². The Hall–Kier alpha value is -1.16. The standard InChI is InChI=1S/C8H11NO3/c1-3-12-9-6(2)4-7(10)5-8(9)11/h4H,3,5H2,1-2H3. The van der Waals surface area contributed by atoms with Crippen LogP contribution in [0.5, 0.6) is 0 Å². The molecular weight excluding hydrogens is 158 g/mol. The Kier molecular flexibility index (Phi) is 2.60. The first-order valence-corrected chi connectivity index (χ1v) is 3.82. The zero-order chi connectivity index (χ0) is 9.14. The molecule has 4 nitrogen and oxygen atoms in total. The van der Waals surface area contributed by atoms with Crippen LogP contribution in [-0.4, -0.2) is 23.4 Å². The third kappa shape index (κ3) is 1.71. The van der Waals surface area contributed by atoms with E-state index in [1.165, 1.54) is 11.1 Å². The molecule has 0 fully saturated rings. The largest absolute Gasteiger partial charge is 0.294 e. The van der Waals surface area contributed by atoms with E-state index in [0.29, 0.717) is 12.3 Å². The smallest absolute Gasteiger partial charge is 0.258 e. The number of carbonyl (C=O) groups is 2. The second kappa shape index (κ2) is 3.49. The Morgan fingerprint density at radius 3 is 2.75 bits per heavy atom. The molecule has 4 heteroatoms. The zero-order valence-electron chi connectivity index (χ0n) is 7.16. The quantitative estimate of drug-likeness (QED) is 0.570. The Bertz CT molecular complexity index is 245. The molecule has 1 aliphatic heterocycles. The van der Waals surface area contributed by atoms with Crippen LogP contribution in [0.4, 0.5) is 0 Å². The van der Waals surface area contributed by atoms with E-state index in [-0.39, 0.29) is 18.1 Å². The molecule has 0 aliphatic carbocycles. The van der Waals surface area contributed by atoms with Gasteiger partial charge in [-0.25, -0.2) is 0 Å². The Labute approximate surface area is 70.7 Å². The van der Waals surface area contributed by atoms with Gasteiger partial charge in [0.25, 0.3) is 5.91 Å². The first kappa shape index (κ1) is 8.93. The van der Waals surface area contributed by atoms with Crippen molar-refractivity contribution in [2.75, 3.05) is 6.61 Å². The Morgan fingerprint density at radius 2 is 2.25 bits per heavy atom. The summed E-state index contributed by atoms with van der Waals surface area (Å²) in [5.41, 5.74) is 0.554. The minimum Gasteiger partial charge on any atom is -0.294 e. The van der Waals surface area contributed by atoms with Gasteiger partial charge in [-0.15, -0.1) is 0 Å². The monoisotopic (exact) mass is 169 g/mol. The van der Waals surface area contributed by atoms with Crippen LogP contribution in [-0.2, 0) is 14.4 Å². The number of ketones is 1. The number of amides is 1. The molecule has 0 aromatic heterocycles. The minimum atomic E-state index is -0.290. The maximum absolute atomic E-state index is 11.1. The number of nitrogens with zero attached hydrogens (tertiary/aromatic N) is 1. The molecular formula is C8H11NO3. The highest BCUT2D eigenvalue weighted by molar-refractivity contribution is 6.06. The fourth-order valence-electron chi connectivity index (χ4n) is 1.06. The number of carbonyl (C=O) groups excluding carboxylic acids is 2. The minimum absolute atomic E-state index is 0.0860. The molecule has 1 heterocycles. The van der Waals surface area contributed by atoms with Gasteiger partial charge in [0.15, 0.2) is 5.78 Å². The van der Waals surface area contributed by atoms with Gasteiger partial charge in [-0.3, -0.25) is 14.4 Å². The lowest BCUT2D eigenvalue weighted by Gasteiger charge is -2.23. The van der Waals surface area contributed by atoms with E-state index in [0.717, 1.165) is 0 Å². The third-order valence-corrected chi connectivity index (χ3v) is 1.50. The molecule has 66 valence electrons. The molecule has 1 aliphatic rings. The SMILES string of the molecule is CCON1C(=O)CC(=O)C=C1C. The highest BCUT2D eigenvalue weighted by Gasteiger charge is 2.23. The zero-order valence-corrected chi connectivity index (χ0v) is 7.16. The van der Waals surface area contributed by atoms with Crippen LogP contribution in [0.2, 0.25) is 0 Å². The summed E-state index contributed by atoms with van der Waals surface area (Å²) in [6.45, 7) is 3.88. The number of hydrogen-bond donors (Lipinski definition) is 0. The van der Waals surface area contributed by atoms with Crippen molar-refractivity contribution in [3.05, 3.63) is 11.8 Å². The molecule has 0 atom stereocenters. The van der Waals surface area contributed by atoms with Crippen molar-refractivity contribution in [3.63, 3.8) is 0 Å². The summed E-state index contributed by atoms with van der Waals surface area (Å²) in [5.74, 6) is -0.449. The average Bonchev–Trinajstić information content (AvgIpc) is 1.96. The highest BCUT2D eigenvalue weighted by atomic mass is 16.7. The van der Waals surface area contributed by atoms with Crippen LogP contribution in [0.25, 0.3) is 0 Å². The molecule has 0 saturated carbocycles. The van der Waals surface area contributed by atoms with Crippen molar-refractivity contribution < 1.29 is 14.4 Å². The molecule has 1 rings (SSSR count). The van der Waals surface area contributed by atoms with E-state index in [1.807, 2.05) is 0 Å². The maximum Gasteiger partial charge on any atom is 0.258 e. The van der Waals surface area contributed by atoms with Gasteiger partial charge in [0.2, 0.25) is 0 Å². The second-order valence-corrected chi connectivity index (χ2v) is 2.53. The third-order valence-electron chi connectivity index (χ3n) is 1.50. The van der Waals surface area contributed by atoms with E-state index >= 15 is 0 Å². The lowest BCUT2D eigenvalue weighted by Crippen LogP contribution is -2.34. The second-order valence-electron chi connectivity index (χ2n) is 2.53. The summed E-state index contributed by atoms with van der Waals surface area (Å²) < 4.78 is 0. The summed E-state index contributed by atoms with van der Waals surface area (Å²) in [6, 6.07) is 0. The number of rotatable bonds is 2. The van der Waals surface area contributed by atoms with Gasteiger partial charge in [-0.1, -0.05) is 0 Å². The molecule has 0 bridgehead atoms. The molecule has 0 radical (unpaired) electrons. The summed E-state index contributed by atoms with van der Waals surface area (Å²) in [4.78, 5) is 27.0. The van der Waals surface area contributed by atoms with Crippen LogP contribution in [0.3, 0.4) is 0 Å². The van der Waals surface area contributed by atoms with Gasteiger partial charge < -0.3 is 0 Å². The van der Waals surface area contributed by atoms with Crippen molar-refractivity contribution in [1.29, 1.82) is 0 Å². The first-order valence-electron chi connectivity index (χ1n) is 3.82. The lowest BCUT2D eigenvalue weighted by atomic mass is 10.2. The summed E-state index contributed by atoms with van der Waals surface area (Å²) in [5, 5.41) is 1.17. The number of allylic oxidation sites excluding steroid dienone is 2. The highest BCUT2D eigenvalue weighted by Crippen LogP contribution is 2.13. The molecule has 0 spiro atoms. The molecule has 0 unspecified atom stereocenters. The van der Waals surface area contributed by atoms with E-state index in [1.54, 1.807) is 13.8 Å². The molecule has 0 aromatic carbocycles. The van der Waals surface area contributed by atoms with Crippen molar-refractivity contribution in [3.8, 4) is 0 Å². The van der Waals surface area contributed by atoms with Gasteiger partial charge in [0.05, 0.1) is 18.7 Å². The fourth-order valence-corrected chi connectivity index (χ4v) is 1.06. The maximum atomic E-state index is 11.1. The van der Waals surface area contributed by atoms with Gasteiger partial charge in [0.1, 0.15) is 0 Å². The Balaban J connectivity index is 2.78. The van der Waals surface area contributed by atoms with E-state index in [4.69, 9.17) is 4.84 Å². The van der Waals surface area contributed by atoms with E-state index in [9.17, 15) is 9.59 Å². The lowest BCUT2D eigenvalue weighted by molar-refractivity contribution is -0.175. The first-order chi connectivity index (χ1) is 5.65. The molecule has 0 aromatic rings. The summed E-state index contributed by atoms with van der Waals surface area (Å²) in [7, 11) is 0. The van der Waals surface area contributed by atoms with Crippen LogP contribution < -0.4 is 0 Å². The van der Waals surface area contributed by atoms with Gasteiger partial charge >= 0.3 is 0 Å². The van der Waals surface area contributed by atoms with Crippen LogP contribution >= 0.6 is 0 Å². The molecule has 0 saturated heterocycles. The molecule has 0 N–H and O–H groups in total. The van der Waals surface area contributed by atoms with Crippen LogP contribution in [0.15, 0.2) is 11.8 Å². The van der Waals surface area contributed by atoms with Crippen LogP contribution in [0.1, 0.15) is 20.3 Å². The summed E-state index contributed by atoms with van der Waals surface area (Å²) >= 11 is 0. The predicted octanol–water partition coefficient (Wildman–Crippen LogP) is 0.643. The van der Waals surface area contributed by atoms with Gasteiger partial charge in [0, 0.05) is 6.08 Å². The Morgan fingerprint density at radius 1 is 1.58 bits per heavy atom. The van der Waals surface area contributed by atoms with E-state index in [2.05, 4.69) is 0 Å². The average molecular weight is 169 g/mol. The molecule has 12 heavy (non-hydrogen) atoms.